The van der Waals surface area contributed by atoms with E-state index < -0.39 is 5.95 Å². The summed E-state index contributed by atoms with van der Waals surface area (Å²) in [6, 6.07) is 1.99. The van der Waals surface area contributed by atoms with Crippen molar-refractivity contribution < 1.29 is 18.3 Å². The third-order valence-electron chi connectivity index (χ3n) is 4.45. The maximum absolute atomic E-state index is 14.1. The molecule has 2 atom stereocenters. The highest BCUT2D eigenvalue weighted by Crippen LogP contribution is 2.30. The van der Waals surface area contributed by atoms with Crippen LogP contribution in [0, 0.1) is 5.95 Å². The number of hydrogen-bond donors (Lipinski definition) is 1. The van der Waals surface area contributed by atoms with Crippen molar-refractivity contribution in [2.75, 3.05) is 11.9 Å². The molecule has 0 aromatic carbocycles. The lowest BCUT2D eigenvalue weighted by Gasteiger charge is -2.19. The number of nitrogens with zero attached hydrogens (tertiary/aromatic N) is 4. The van der Waals surface area contributed by atoms with Crippen LogP contribution in [0.1, 0.15) is 25.1 Å². The summed E-state index contributed by atoms with van der Waals surface area (Å²) in [5.41, 5.74) is 0.486. The van der Waals surface area contributed by atoms with Gasteiger partial charge in [0.1, 0.15) is 17.8 Å². The first-order valence-electron chi connectivity index (χ1n) is 8.51. The summed E-state index contributed by atoms with van der Waals surface area (Å²) in [5, 5.41) is 3.53. The first-order chi connectivity index (χ1) is 13.0. The Labute approximate surface area is 158 Å². The molecule has 10 heteroatoms. The predicted octanol–water partition coefficient (Wildman–Crippen LogP) is 2.82. The van der Waals surface area contributed by atoms with Crippen LogP contribution in [-0.4, -0.2) is 44.4 Å². The number of likely N-dealkylation sites (tertiary alicyclic amines) is 1. The van der Waals surface area contributed by atoms with Crippen molar-refractivity contribution in [2.24, 2.45) is 0 Å². The molecule has 0 unspecified atom stereocenters. The van der Waals surface area contributed by atoms with Crippen LogP contribution in [0.25, 0.3) is 11.1 Å². The summed E-state index contributed by atoms with van der Waals surface area (Å²) in [5.74, 6) is -0.324. The molecule has 0 radical (unpaired) electrons. The molecule has 1 aliphatic rings. The lowest BCUT2D eigenvalue weighted by molar-refractivity contribution is -0.114. The highest BCUT2D eigenvalue weighted by Gasteiger charge is 2.32. The number of amides is 1. The maximum Gasteiger partial charge on any atom is 0.232 e. The molecule has 1 N–H and O–H groups in total. The van der Waals surface area contributed by atoms with Gasteiger partial charge in [-0.25, -0.2) is 9.97 Å². The van der Waals surface area contributed by atoms with Gasteiger partial charge in [-0.15, -0.1) is 0 Å². The maximum atomic E-state index is 14.1. The minimum atomic E-state index is -0.545. The van der Waals surface area contributed by atoms with Gasteiger partial charge in [0, 0.05) is 32.5 Å². The molecule has 0 bridgehead atoms. The number of fused-ring (bicyclic) bond motifs is 1. The SMILES string of the molecule is CC(=O)Nc1nc(F)c(CN2C[C@H](Oc3ncnc4occc34)C[C@@H]2C)s1. The van der Waals surface area contributed by atoms with Crippen LogP contribution < -0.4 is 10.1 Å². The van der Waals surface area contributed by atoms with E-state index >= 15 is 0 Å². The van der Waals surface area contributed by atoms with E-state index in [0.29, 0.717) is 29.6 Å². The van der Waals surface area contributed by atoms with Crippen molar-refractivity contribution >= 4 is 33.5 Å². The highest BCUT2D eigenvalue weighted by atomic mass is 32.1. The lowest BCUT2D eigenvalue weighted by Crippen LogP contribution is -2.28. The van der Waals surface area contributed by atoms with E-state index in [1.807, 2.05) is 0 Å². The van der Waals surface area contributed by atoms with Crippen LogP contribution in [-0.2, 0) is 11.3 Å². The lowest BCUT2D eigenvalue weighted by atomic mass is 10.2. The second-order valence-electron chi connectivity index (χ2n) is 6.49. The first-order valence-corrected chi connectivity index (χ1v) is 9.33. The number of halogens is 1. The Morgan fingerprint density at radius 3 is 3.19 bits per heavy atom. The molecule has 0 aliphatic carbocycles. The van der Waals surface area contributed by atoms with Gasteiger partial charge in [0.2, 0.25) is 23.4 Å². The molecule has 3 aromatic heterocycles. The van der Waals surface area contributed by atoms with Gasteiger partial charge in [-0.05, 0) is 13.0 Å². The molecule has 142 valence electrons. The minimum Gasteiger partial charge on any atom is -0.472 e. The number of ether oxygens (including phenoxy) is 1. The normalized spacial score (nSPS) is 20.3. The molecule has 3 aromatic rings. The smallest absolute Gasteiger partial charge is 0.232 e. The highest BCUT2D eigenvalue weighted by molar-refractivity contribution is 7.15. The molecule has 8 nitrogen and oxygen atoms in total. The van der Waals surface area contributed by atoms with Crippen LogP contribution in [0.2, 0.25) is 0 Å². The van der Waals surface area contributed by atoms with E-state index in [9.17, 15) is 9.18 Å². The fraction of sp³-hybridized carbons (Fsp3) is 0.412. The van der Waals surface area contributed by atoms with E-state index in [0.717, 1.165) is 23.1 Å². The van der Waals surface area contributed by atoms with Crippen molar-refractivity contribution in [1.82, 2.24) is 19.9 Å². The number of rotatable bonds is 5. The van der Waals surface area contributed by atoms with Crippen molar-refractivity contribution in [3.8, 4) is 5.88 Å². The molecule has 4 rings (SSSR count). The van der Waals surface area contributed by atoms with E-state index in [2.05, 4.69) is 32.1 Å². The summed E-state index contributed by atoms with van der Waals surface area (Å²) in [4.78, 5) is 25.8. The van der Waals surface area contributed by atoms with Gasteiger partial charge in [0.25, 0.3) is 0 Å². The minimum absolute atomic E-state index is 0.0706. The summed E-state index contributed by atoms with van der Waals surface area (Å²) in [6.07, 6.45) is 3.68. The zero-order valence-electron chi connectivity index (χ0n) is 14.8. The van der Waals surface area contributed by atoms with Gasteiger partial charge in [0.15, 0.2) is 5.13 Å². The molecule has 1 aliphatic heterocycles. The van der Waals surface area contributed by atoms with Gasteiger partial charge in [-0.1, -0.05) is 11.3 Å². The second kappa shape index (κ2) is 7.20. The number of carbonyl (C=O) groups is 1. The van der Waals surface area contributed by atoms with Gasteiger partial charge < -0.3 is 14.5 Å². The molecule has 27 heavy (non-hydrogen) atoms. The van der Waals surface area contributed by atoms with Gasteiger partial charge in [0.05, 0.1) is 11.1 Å². The Morgan fingerprint density at radius 2 is 2.37 bits per heavy atom. The van der Waals surface area contributed by atoms with Crippen molar-refractivity contribution in [1.29, 1.82) is 0 Å². The van der Waals surface area contributed by atoms with Crippen LogP contribution >= 0.6 is 11.3 Å². The van der Waals surface area contributed by atoms with Crippen molar-refractivity contribution in [2.45, 2.75) is 39.0 Å². The van der Waals surface area contributed by atoms with Crippen molar-refractivity contribution in [3.05, 3.63) is 29.5 Å². The number of anilines is 1. The van der Waals surface area contributed by atoms with Gasteiger partial charge in [-0.3, -0.25) is 9.69 Å². The van der Waals surface area contributed by atoms with E-state index in [4.69, 9.17) is 9.15 Å². The molecule has 0 saturated carbocycles. The quantitative estimate of drug-likeness (QED) is 0.715. The summed E-state index contributed by atoms with van der Waals surface area (Å²) in [6.45, 7) is 4.49. The van der Waals surface area contributed by atoms with Gasteiger partial charge >= 0.3 is 0 Å². The Hall–Kier alpha value is -2.59. The van der Waals surface area contributed by atoms with Gasteiger partial charge in [-0.2, -0.15) is 9.37 Å². The third-order valence-corrected chi connectivity index (χ3v) is 5.38. The number of aromatic nitrogens is 3. The standard InChI is InChI=1S/C17H18FN5O3S/c1-9-5-11(26-16-12-3-4-25-15(12)19-8-20-16)6-23(9)7-13-14(18)22-17(27-13)21-10(2)24/h3-4,8-9,11H,5-7H2,1-2H3,(H,21,22,24)/t9-,11+/m0/s1. The average molecular weight is 391 g/mol. The zero-order chi connectivity index (χ0) is 19.0. The fourth-order valence-corrected chi connectivity index (χ4v) is 4.10. The Balaban J connectivity index is 1.43. The Morgan fingerprint density at radius 1 is 1.52 bits per heavy atom. The van der Waals surface area contributed by atoms with Crippen LogP contribution in [0.5, 0.6) is 5.88 Å². The zero-order valence-corrected chi connectivity index (χ0v) is 15.6. The molecular formula is C17H18FN5O3S. The molecular weight excluding hydrogens is 373 g/mol. The number of furan rings is 1. The predicted molar refractivity (Wildman–Crippen MR) is 97.1 cm³/mol. The van der Waals surface area contributed by atoms with E-state index in [1.165, 1.54) is 13.3 Å². The topological polar surface area (TPSA) is 93.4 Å². The Kier molecular flexibility index (Phi) is 4.75. The second-order valence-corrected chi connectivity index (χ2v) is 7.57. The van der Waals surface area contributed by atoms with Crippen molar-refractivity contribution in [3.63, 3.8) is 0 Å². The number of thiazole rings is 1. The molecule has 0 spiro atoms. The largest absolute Gasteiger partial charge is 0.472 e. The van der Waals surface area contributed by atoms with Crippen LogP contribution in [0.3, 0.4) is 0 Å². The van der Waals surface area contributed by atoms with Crippen LogP contribution in [0.4, 0.5) is 9.52 Å². The monoisotopic (exact) mass is 391 g/mol. The summed E-state index contributed by atoms with van der Waals surface area (Å²) in [7, 11) is 0. The summed E-state index contributed by atoms with van der Waals surface area (Å²) >= 11 is 1.15. The molecule has 1 saturated heterocycles. The molecule has 1 fully saturated rings. The van der Waals surface area contributed by atoms with E-state index in [-0.39, 0.29) is 23.2 Å². The Bertz CT molecular complexity index is 975. The van der Waals surface area contributed by atoms with Crippen LogP contribution in [0.15, 0.2) is 23.1 Å². The molecule has 1 amide bonds. The number of nitrogens with one attached hydrogen (secondary N) is 1. The first kappa shape index (κ1) is 17.8. The number of hydrogen-bond acceptors (Lipinski definition) is 8. The fourth-order valence-electron chi connectivity index (χ4n) is 3.19. The average Bonchev–Trinajstić information content (AvgIpc) is 3.29. The summed E-state index contributed by atoms with van der Waals surface area (Å²) < 4.78 is 25.4. The molecule has 4 heterocycles. The third kappa shape index (κ3) is 3.76. The van der Waals surface area contributed by atoms with E-state index in [1.54, 1.807) is 12.3 Å². The number of carbonyl (C=O) groups excluding carboxylic acids is 1.